The van der Waals surface area contributed by atoms with Gasteiger partial charge in [-0.3, -0.25) is 0 Å². The van der Waals surface area contributed by atoms with Crippen molar-refractivity contribution in [2.75, 3.05) is 7.11 Å². The summed E-state index contributed by atoms with van der Waals surface area (Å²) in [7, 11) is 1.72. The van der Waals surface area contributed by atoms with Crippen LogP contribution in [-0.2, 0) is 6.42 Å². The van der Waals surface area contributed by atoms with E-state index in [0.717, 1.165) is 12.2 Å². The zero-order valence-corrected chi connectivity index (χ0v) is 18.0. The summed E-state index contributed by atoms with van der Waals surface area (Å²) in [6.07, 6.45) is 1.15. The highest BCUT2D eigenvalue weighted by Crippen LogP contribution is 2.34. The van der Waals surface area contributed by atoms with Gasteiger partial charge in [0.15, 0.2) is 0 Å². The summed E-state index contributed by atoms with van der Waals surface area (Å²) in [5, 5.41) is 0. The first-order chi connectivity index (χ1) is 13.1. The second-order valence-corrected chi connectivity index (χ2v) is 6.25. The fraction of sp³-hybridized carbons (Fsp3) is 0.308. The molecule has 0 amide bonds. The van der Waals surface area contributed by atoms with Crippen LogP contribution in [0.1, 0.15) is 43.0 Å². The average Bonchev–Trinajstić information content (AvgIpc) is 2.71. The Hall–Kier alpha value is -2.54. The summed E-state index contributed by atoms with van der Waals surface area (Å²) in [5.41, 5.74) is 7.82. The van der Waals surface area contributed by atoms with E-state index in [1.807, 2.05) is 26.0 Å². The average molecular weight is 363 g/mol. The summed E-state index contributed by atoms with van der Waals surface area (Å²) in [6.45, 7) is 12.6. The highest BCUT2D eigenvalue weighted by Gasteiger charge is 2.09. The number of rotatable bonds is 3. The van der Waals surface area contributed by atoms with E-state index in [-0.39, 0.29) is 0 Å². The van der Waals surface area contributed by atoms with Crippen LogP contribution in [0, 0.1) is 20.8 Å². The highest BCUT2D eigenvalue weighted by molar-refractivity contribution is 5.76. The molecule has 0 aliphatic rings. The predicted octanol–water partition coefficient (Wildman–Crippen LogP) is 7.56. The van der Waals surface area contributed by atoms with Crippen LogP contribution in [0.5, 0.6) is 5.75 Å². The normalized spacial score (nSPS) is 9.44. The van der Waals surface area contributed by atoms with Crippen molar-refractivity contribution in [1.82, 2.24) is 0 Å². The third-order valence-electron chi connectivity index (χ3n) is 4.51. The van der Waals surface area contributed by atoms with Crippen molar-refractivity contribution in [2.24, 2.45) is 0 Å². The van der Waals surface area contributed by atoms with E-state index in [2.05, 4.69) is 82.3 Å². The summed E-state index contributed by atoms with van der Waals surface area (Å²) in [5.74, 6) is 0.939. The van der Waals surface area contributed by atoms with E-state index in [1.54, 1.807) is 7.11 Å². The topological polar surface area (TPSA) is 9.23 Å². The summed E-state index contributed by atoms with van der Waals surface area (Å²) in [6, 6.07) is 23.0. The molecular formula is C26H34O. The molecule has 1 heteroatoms. The summed E-state index contributed by atoms with van der Waals surface area (Å²) >= 11 is 0. The van der Waals surface area contributed by atoms with Gasteiger partial charge in [-0.05, 0) is 61.1 Å². The lowest BCUT2D eigenvalue weighted by atomic mass is 9.96. The van der Waals surface area contributed by atoms with Crippen molar-refractivity contribution >= 4 is 0 Å². The molecule has 0 atom stereocenters. The van der Waals surface area contributed by atoms with Crippen LogP contribution in [0.3, 0.4) is 0 Å². The van der Waals surface area contributed by atoms with E-state index in [9.17, 15) is 0 Å². The molecule has 0 radical (unpaired) electrons. The Morgan fingerprint density at radius 3 is 1.74 bits per heavy atom. The molecule has 0 fully saturated rings. The van der Waals surface area contributed by atoms with Crippen LogP contribution in [0.4, 0.5) is 0 Å². The summed E-state index contributed by atoms with van der Waals surface area (Å²) < 4.78 is 5.44. The molecule has 0 spiro atoms. The number of ether oxygens (including phenoxy) is 1. The van der Waals surface area contributed by atoms with E-state index >= 15 is 0 Å². The quantitative estimate of drug-likeness (QED) is 0.467. The predicted molar refractivity (Wildman–Crippen MR) is 120 cm³/mol. The molecule has 0 unspecified atom stereocenters. The molecule has 144 valence electrons. The molecular weight excluding hydrogens is 328 g/mol. The van der Waals surface area contributed by atoms with Crippen molar-refractivity contribution < 1.29 is 4.74 Å². The first kappa shape index (κ1) is 22.5. The van der Waals surface area contributed by atoms with Gasteiger partial charge in [0.2, 0.25) is 0 Å². The zero-order valence-electron chi connectivity index (χ0n) is 18.0. The van der Waals surface area contributed by atoms with Gasteiger partial charge in [-0.25, -0.2) is 0 Å². The molecule has 0 aliphatic carbocycles. The molecule has 0 aliphatic heterocycles. The van der Waals surface area contributed by atoms with Gasteiger partial charge in [0.1, 0.15) is 5.75 Å². The molecule has 27 heavy (non-hydrogen) atoms. The maximum absolute atomic E-state index is 5.44. The maximum Gasteiger partial charge on any atom is 0.126 e. The monoisotopic (exact) mass is 362 g/mol. The van der Waals surface area contributed by atoms with Crippen molar-refractivity contribution in [3.63, 3.8) is 0 Å². The molecule has 1 nitrogen and oxygen atoms in total. The largest absolute Gasteiger partial charge is 0.496 e. The van der Waals surface area contributed by atoms with Crippen LogP contribution in [0.2, 0.25) is 0 Å². The van der Waals surface area contributed by atoms with Gasteiger partial charge < -0.3 is 4.74 Å². The van der Waals surface area contributed by atoms with Gasteiger partial charge in [-0.15, -0.1) is 0 Å². The van der Waals surface area contributed by atoms with Gasteiger partial charge in [0, 0.05) is 5.56 Å². The molecule has 0 aromatic heterocycles. The minimum atomic E-state index is 0.939. The smallest absolute Gasteiger partial charge is 0.126 e. The van der Waals surface area contributed by atoms with Crippen LogP contribution in [-0.4, -0.2) is 7.11 Å². The standard InChI is InChI=1S/C15H16O.C9H12.C2H6/c1-11-7-4-5-9-13(11)15-12(2)8-6-10-14(15)16-3;1-3-9-7-5-4-6-8(9)2;1-2/h4-10H,1-3H3;4-7H,3H2,1-2H3;1-2H3. The minimum Gasteiger partial charge on any atom is -0.496 e. The lowest BCUT2D eigenvalue weighted by Crippen LogP contribution is -1.92. The number of hydrogen-bond donors (Lipinski definition) is 0. The molecule has 0 N–H and O–H groups in total. The van der Waals surface area contributed by atoms with Gasteiger partial charge in [0.05, 0.1) is 7.11 Å². The fourth-order valence-corrected chi connectivity index (χ4v) is 3.02. The van der Waals surface area contributed by atoms with Crippen molar-refractivity contribution in [2.45, 2.75) is 48.0 Å². The van der Waals surface area contributed by atoms with Crippen molar-refractivity contribution in [3.8, 4) is 16.9 Å². The molecule has 0 saturated carbocycles. The number of benzene rings is 3. The molecule has 3 rings (SSSR count). The lowest BCUT2D eigenvalue weighted by Gasteiger charge is -2.13. The third kappa shape index (κ3) is 6.29. The fourth-order valence-electron chi connectivity index (χ4n) is 3.02. The second kappa shape index (κ2) is 12.0. The van der Waals surface area contributed by atoms with Crippen LogP contribution in [0.15, 0.2) is 66.7 Å². The van der Waals surface area contributed by atoms with E-state index in [0.29, 0.717) is 0 Å². The van der Waals surface area contributed by atoms with Gasteiger partial charge in [0.25, 0.3) is 0 Å². The van der Waals surface area contributed by atoms with Gasteiger partial charge in [-0.1, -0.05) is 81.4 Å². The molecule has 0 bridgehead atoms. The van der Waals surface area contributed by atoms with Crippen LogP contribution in [0.25, 0.3) is 11.1 Å². The first-order valence-electron chi connectivity index (χ1n) is 9.82. The Bertz CT molecular complexity index is 818. The lowest BCUT2D eigenvalue weighted by molar-refractivity contribution is 0.416. The minimum absolute atomic E-state index is 0.939. The van der Waals surface area contributed by atoms with E-state index < -0.39 is 0 Å². The highest BCUT2D eigenvalue weighted by atomic mass is 16.5. The first-order valence-corrected chi connectivity index (χ1v) is 9.82. The van der Waals surface area contributed by atoms with Crippen LogP contribution < -0.4 is 4.74 Å². The Labute approximate surface area is 166 Å². The second-order valence-electron chi connectivity index (χ2n) is 6.25. The Balaban J connectivity index is 0.000000282. The Morgan fingerprint density at radius 1 is 0.667 bits per heavy atom. The van der Waals surface area contributed by atoms with Gasteiger partial charge >= 0.3 is 0 Å². The van der Waals surface area contributed by atoms with E-state index in [4.69, 9.17) is 4.74 Å². The molecule has 0 saturated heterocycles. The van der Waals surface area contributed by atoms with Crippen molar-refractivity contribution in [3.05, 3.63) is 89.0 Å². The SMILES string of the molecule is CC.CCc1ccccc1C.COc1cccc(C)c1-c1ccccc1C. The summed E-state index contributed by atoms with van der Waals surface area (Å²) in [4.78, 5) is 0. The zero-order chi connectivity index (χ0) is 20.2. The Kier molecular flexibility index (Phi) is 9.96. The van der Waals surface area contributed by atoms with E-state index in [1.165, 1.54) is 33.4 Å². The Morgan fingerprint density at radius 2 is 1.22 bits per heavy atom. The maximum atomic E-state index is 5.44. The number of hydrogen-bond acceptors (Lipinski definition) is 1. The molecule has 0 heterocycles. The molecule has 3 aromatic carbocycles. The van der Waals surface area contributed by atoms with Crippen molar-refractivity contribution in [1.29, 1.82) is 0 Å². The van der Waals surface area contributed by atoms with Gasteiger partial charge in [-0.2, -0.15) is 0 Å². The number of methoxy groups -OCH3 is 1. The molecule has 3 aromatic rings. The van der Waals surface area contributed by atoms with Crippen LogP contribution >= 0.6 is 0 Å². The number of aryl methyl sites for hydroxylation is 4. The third-order valence-corrected chi connectivity index (χ3v) is 4.51.